The molecule has 1 fully saturated rings. The van der Waals surface area contributed by atoms with Gasteiger partial charge in [-0.1, -0.05) is 38.0 Å². The molecule has 1 aromatic carbocycles. The summed E-state index contributed by atoms with van der Waals surface area (Å²) < 4.78 is 1.06. The molecule has 2 unspecified atom stereocenters. The van der Waals surface area contributed by atoms with Gasteiger partial charge in [0.05, 0.1) is 0 Å². The monoisotopic (exact) mass is 303 g/mol. The Balaban J connectivity index is 1.76. The van der Waals surface area contributed by atoms with Crippen LogP contribution in [0.25, 0.3) is 10.1 Å². The van der Waals surface area contributed by atoms with E-state index in [9.17, 15) is 9.90 Å². The van der Waals surface area contributed by atoms with Gasteiger partial charge in [-0.05, 0) is 41.8 Å². The molecule has 21 heavy (non-hydrogen) atoms. The SMILES string of the molecule is CC1CCCC1CNCc1c(C(=O)O)sc2ccccc12. The van der Waals surface area contributed by atoms with Crippen LogP contribution in [0, 0.1) is 11.8 Å². The van der Waals surface area contributed by atoms with Crippen molar-refractivity contribution in [3.8, 4) is 0 Å². The molecule has 0 saturated heterocycles. The second-order valence-electron chi connectivity index (χ2n) is 6.01. The van der Waals surface area contributed by atoms with Crippen LogP contribution in [-0.4, -0.2) is 17.6 Å². The number of hydrogen-bond donors (Lipinski definition) is 2. The first-order valence-electron chi connectivity index (χ1n) is 7.61. The van der Waals surface area contributed by atoms with Crippen molar-refractivity contribution < 1.29 is 9.90 Å². The van der Waals surface area contributed by atoms with Gasteiger partial charge in [-0.15, -0.1) is 11.3 Å². The molecule has 3 nitrogen and oxygen atoms in total. The van der Waals surface area contributed by atoms with E-state index in [-0.39, 0.29) is 0 Å². The lowest BCUT2D eigenvalue weighted by Crippen LogP contribution is -2.24. The van der Waals surface area contributed by atoms with Crippen molar-refractivity contribution in [3.05, 3.63) is 34.7 Å². The Morgan fingerprint density at radius 2 is 2.19 bits per heavy atom. The Bertz CT molecular complexity index is 649. The highest BCUT2D eigenvalue weighted by atomic mass is 32.1. The maximum Gasteiger partial charge on any atom is 0.346 e. The molecule has 0 aliphatic heterocycles. The molecule has 2 aromatic rings. The minimum absolute atomic E-state index is 0.475. The first-order chi connectivity index (χ1) is 10.2. The molecular formula is C17H21NO2S. The molecule has 4 heteroatoms. The third-order valence-corrected chi connectivity index (χ3v) is 5.84. The zero-order valence-corrected chi connectivity index (χ0v) is 13.1. The van der Waals surface area contributed by atoms with Crippen LogP contribution in [0.1, 0.15) is 41.4 Å². The van der Waals surface area contributed by atoms with Gasteiger partial charge in [-0.2, -0.15) is 0 Å². The fourth-order valence-corrected chi connectivity index (χ4v) is 4.42. The zero-order chi connectivity index (χ0) is 14.8. The van der Waals surface area contributed by atoms with Gasteiger partial charge in [0.1, 0.15) is 4.88 Å². The molecule has 0 bridgehead atoms. The van der Waals surface area contributed by atoms with E-state index >= 15 is 0 Å². The molecular weight excluding hydrogens is 282 g/mol. The highest BCUT2D eigenvalue weighted by Crippen LogP contribution is 2.32. The Hall–Kier alpha value is -1.39. The maximum absolute atomic E-state index is 11.4. The minimum atomic E-state index is -0.817. The average Bonchev–Trinajstić information content (AvgIpc) is 3.04. The zero-order valence-electron chi connectivity index (χ0n) is 12.3. The van der Waals surface area contributed by atoms with E-state index in [1.807, 2.05) is 24.3 Å². The quantitative estimate of drug-likeness (QED) is 0.873. The van der Waals surface area contributed by atoms with Crippen molar-refractivity contribution in [1.29, 1.82) is 0 Å². The van der Waals surface area contributed by atoms with E-state index < -0.39 is 5.97 Å². The molecule has 1 saturated carbocycles. The largest absolute Gasteiger partial charge is 0.477 e. The van der Waals surface area contributed by atoms with E-state index in [1.165, 1.54) is 30.6 Å². The summed E-state index contributed by atoms with van der Waals surface area (Å²) in [6.45, 7) is 3.96. The predicted molar refractivity (Wildman–Crippen MR) is 87.0 cm³/mol. The molecule has 1 aromatic heterocycles. The van der Waals surface area contributed by atoms with E-state index in [0.29, 0.717) is 11.4 Å². The normalized spacial score (nSPS) is 22.0. The first kappa shape index (κ1) is 14.5. The summed E-state index contributed by atoms with van der Waals surface area (Å²) in [7, 11) is 0. The fraction of sp³-hybridized carbons (Fsp3) is 0.471. The van der Waals surface area contributed by atoms with Crippen LogP contribution in [0.15, 0.2) is 24.3 Å². The molecule has 1 heterocycles. The summed E-state index contributed by atoms with van der Waals surface area (Å²) in [6, 6.07) is 7.95. The van der Waals surface area contributed by atoms with Gasteiger partial charge in [0, 0.05) is 11.2 Å². The van der Waals surface area contributed by atoms with Crippen LogP contribution in [-0.2, 0) is 6.54 Å². The van der Waals surface area contributed by atoms with E-state index in [0.717, 1.165) is 34.0 Å². The van der Waals surface area contributed by atoms with Crippen molar-refractivity contribution in [3.63, 3.8) is 0 Å². The number of nitrogens with one attached hydrogen (secondary N) is 1. The van der Waals surface area contributed by atoms with Gasteiger partial charge in [0.15, 0.2) is 0 Å². The van der Waals surface area contributed by atoms with Gasteiger partial charge in [-0.25, -0.2) is 4.79 Å². The number of aromatic carboxylic acids is 1. The van der Waals surface area contributed by atoms with Crippen LogP contribution in [0.5, 0.6) is 0 Å². The van der Waals surface area contributed by atoms with Crippen LogP contribution in [0.2, 0.25) is 0 Å². The molecule has 0 amide bonds. The Labute approximate surface area is 129 Å². The van der Waals surface area contributed by atoms with Crippen molar-refractivity contribution in [1.82, 2.24) is 5.32 Å². The second-order valence-corrected chi connectivity index (χ2v) is 7.06. The highest BCUT2D eigenvalue weighted by molar-refractivity contribution is 7.21. The summed E-state index contributed by atoms with van der Waals surface area (Å²) >= 11 is 1.38. The van der Waals surface area contributed by atoms with Gasteiger partial charge in [-0.3, -0.25) is 0 Å². The van der Waals surface area contributed by atoms with E-state index in [4.69, 9.17) is 0 Å². The van der Waals surface area contributed by atoms with Crippen LogP contribution in [0.3, 0.4) is 0 Å². The Kier molecular flexibility index (Phi) is 4.27. The minimum Gasteiger partial charge on any atom is -0.477 e. The molecule has 3 rings (SSSR count). The lowest BCUT2D eigenvalue weighted by Gasteiger charge is -2.16. The summed E-state index contributed by atoms with van der Waals surface area (Å²) in [6.07, 6.45) is 3.95. The summed E-state index contributed by atoms with van der Waals surface area (Å²) in [5.41, 5.74) is 0.939. The van der Waals surface area contributed by atoms with E-state index in [2.05, 4.69) is 12.2 Å². The number of fused-ring (bicyclic) bond motifs is 1. The predicted octanol–water partition coefficient (Wildman–Crippen LogP) is 4.13. The average molecular weight is 303 g/mol. The molecule has 1 aliphatic carbocycles. The molecule has 0 spiro atoms. The number of hydrogen-bond acceptors (Lipinski definition) is 3. The summed E-state index contributed by atoms with van der Waals surface area (Å²) in [5.74, 6) is 0.709. The number of rotatable bonds is 5. The van der Waals surface area contributed by atoms with Gasteiger partial charge < -0.3 is 10.4 Å². The number of benzene rings is 1. The molecule has 2 N–H and O–H groups in total. The van der Waals surface area contributed by atoms with Gasteiger partial charge >= 0.3 is 5.97 Å². The number of carbonyl (C=O) groups is 1. The van der Waals surface area contributed by atoms with Crippen molar-refractivity contribution in [2.45, 2.75) is 32.7 Å². The lowest BCUT2D eigenvalue weighted by molar-refractivity contribution is 0.0701. The van der Waals surface area contributed by atoms with Crippen LogP contribution in [0.4, 0.5) is 0 Å². The van der Waals surface area contributed by atoms with Crippen LogP contribution < -0.4 is 5.32 Å². The molecule has 1 aliphatic rings. The van der Waals surface area contributed by atoms with Crippen molar-refractivity contribution >= 4 is 27.4 Å². The van der Waals surface area contributed by atoms with Crippen LogP contribution >= 0.6 is 11.3 Å². The number of thiophene rings is 1. The van der Waals surface area contributed by atoms with Crippen molar-refractivity contribution in [2.24, 2.45) is 11.8 Å². The molecule has 2 atom stereocenters. The Morgan fingerprint density at radius 3 is 2.90 bits per heavy atom. The maximum atomic E-state index is 11.4. The highest BCUT2D eigenvalue weighted by Gasteiger charge is 2.23. The third-order valence-electron chi connectivity index (χ3n) is 4.64. The molecule has 112 valence electrons. The summed E-state index contributed by atoms with van der Waals surface area (Å²) in [4.78, 5) is 11.9. The first-order valence-corrected chi connectivity index (χ1v) is 8.43. The van der Waals surface area contributed by atoms with E-state index in [1.54, 1.807) is 0 Å². The lowest BCUT2D eigenvalue weighted by atomic mass is 9.98. The van der Waals surface area contributed by atoms with Gasteiger partial charge in [0.25, 0.3) is 0 Å². The summed E-state index contributed by atoms with van der Waals surface area (Å²) in [5, 5.41) is 14.0. The standard InChI is InChI=1S/C17H21NO2S/c1-11-5-4-6-12(11)9-18-10-14-13-7-2-3-8-15(13)21-16(14)17(19)20/h2-3,7-8,11-12,18H,4-6,9-10H2,1H3,(H,19,20). The Morgan fingerprint density at radius 1 is 1.38 bits per heavy atom. The topological polar surface area (TPSA) is 49.3 Å². The third kappa shape index (κ3) is 2.97. The fourth-order valence-electron chi connectivity index (χ4n) is 3.36. The number of carboxylic acids is 1. The number of carboxylic acid groups (broad SMARTS) is 1. The van der Waals surface area contributed by atoms with Crippen molar-refractivity contribution in [2.75, 3.05) is 6.54 Å². The smallest absolute Gasteiger partial charge is 0.346 e. The molecule has 0 radical (unpaired) electrons. The van der Waals surface area contributed by atoms with Gasteiger partial charge in [0.2, 0.25) is 0 Å². The second kappa shape index (κ2) is 6.16.